The average Bonchev–Trinajstić information content (AvgIpc) is 2.32. The lowest BCUT2D eigenvalue weighted by Crippen LogP contribution is -2.30. The summed E-state index contributed by atoms with van der Waals surface area (Å²) < 4.78 is 14.2. The molecule has 2 rings (SSSR count). The molecule has 1 aliphatic rings. The van der Waals surface area contributed by atoms with Gasteiger partial charge in [-0.15, -0.1) is 0 Å². The fourth-order valence-corrected chi connectivity index (χ4v) is 3.78. The SMILES string of the molecule is CCCC1CCC(O)C(Cc2cc(F)cc(Br)c2)C1. The summed E-state index contributed by atoms with van der Waals surface area (Å²) in [6.07, 6.45) is 6.11. The highest BCUT2D eigenvalue weighted by Gasteiger charge is 2.28. The van der Waals surface area contributed by atoms with Gasteiger partial charge in [0.05, 0.1) is 6.10 Å². The predicted octanol–water partition coefficient (Wildman–Crippen LogP) is 4.71. The zero-order valence-electron chi connectivity index (χ0n) is 11.4. The highest BCUT2D eigenvalue weighted by atomic mass is 79.9. The molecular weight excluding hydrogens is 307 g/mol. The van der Waals surface area contributed by atoms with Gasteiger partial charge in [0.2, 0.25) is 0 Å². The minimum absolute atomic E-state index is 0.209. The molecule has 1 aliphatic carbocycles. The highest BCUT2D eigenvalue weighted by molar-refractivity contribution is 9.10. The van der Waals surface area contributed by atoms with Gasteiger partial charge in [-0.05, 0) is 61.3 Å². The second kappa shape index (κ2) is 6.85. The summed E-state index contributed by atoms with van der Waals surface area (Å²) in [4.78, 5) is 0. The van der Waals surface area contributed by atoms with Crippen LogP contribution in [0.2, 0.25) is 0 Å². The Hall–Kier alpha value is -0.410. The largest absolute Gasteiger partial charge is 0.393 e. The Morgan fingerprint density at radius 2 is 2.11 bits per heavy atom. The molecule has 0 amide bonds. The first-order valence-corrected chi connectivity index (χ1v) is 8.00. The van der Waals surface area contributed by atoms with Crippen LogP contribution in [0.4, 0.5) is 4.39 Å². The first-order chi connectivity index (χ1) is 9.08. The Morgan fingerprint density at radius 3 is 2.79 bits per heavy atom. The third kappa shape index (κ3) is 4.28. The Balaban J connectivity index is 2.03. The summed E-state index contributed by atoms with van der Waals surface area (Å²) in [7, 11) is 0. The normalized spacial score (nSPS) is 27.5. The van der Waals surface area contributed by atoms with E-state index >= 15 is 0 Å². The summed E-state index contributed by atoms with van der Waals surface area (Å²) >= 11 is 3.33. The van der Waals surface area contributed by atoms with E-state index in [0.29, 0.717) is 0 Å². The second-order valence-electron chi connectivity index (χ2n) is 5.78. The van der Waals surface area contributed by atoms with Gasteiger partial charge in [-0.1, -0.05) is 35.7 Å². The van der Waals surface area contributed by atoms with E-state index in [1.54, 1.807) is 6.07 Å². The van der Waals surface area contributed by atoms with Crippen LogP contribution in [-0.4, -0.2) is 11.2 Å². The van der Waals surface area contributed by atoms with Crippen LogP contribution < -0.4 is 0 Å². The molecule has 3 heteroatoms. The van der Waals surface area contributed by atoms with Crippen LogP contribution >= 0.6 is 15.9 Å². The fourth-order valence-electron chi connectivity index (χ4n) is 3.27. The standard InChI is InChI=1S/C16H22BrFO/c1-2-3-11-4-5-16(19)13(6-11)7-12-8-14(17)10-15(18)9-12/h8-11,13,16,19H,2-7H2,1H3. The molecule has 19 heavy (non-hydrogen) atoms. The van der Waals surface area contributed by atoms with Gasteiger partial charge < -0.3 is 5.11 Å². The molecule has 1 aromatic rings. The molecule has 0 bridgehead atoms. The molecule has 1 aromatic carbocycles. The Bertz CT molecular complexity index is 401. The smallest absolute Gasteiger partial charge is 0.124 e. The first kappa shape index (κ1) is 15.0. The average molecular weight is 329 g/mol. The van der Waals surface area contributed by atoms with Crippen molar-refractivity contribution in [3.8, 4) is 0 Å². The molecule has 1 nitrogen and oxygen atoms in total. The third-order valence-electron chi connectivity index (χ3n) is 4.17. The van der Waals surface area contributed by atoms with E-state index in [-0.39, 0.29) is 17.8 Å². The molecule has 3 unspecified atom stereocenters. The molecule has 0 heterocycles. The lowest BCUT2D eigenvalue weighted by molar-refractivity contribution is 0.0462. The molecule has 3 atom stereocenters. The van der Waals surface area contributed by atoms with Gasteiger partial charge >= 0.3 is 0 Å². The molecular formula is C16H22BrFO. The maximum Gasteiger partial charge on any atom is 0.124 e. The van der Waals surface area contributed by atoms with Gasteiger partial charge in [0.25, 0.3) is 0 Å². The van der Waals surface area contributed by atoms with Gasteiger partial charge in [0.15, 0.2) is 0 Å². The van der Waals surface area contributed by atoms with Crippen molar-refractivity contribution in [3.63, 3.8) is 0 Å². The molecule has 0 radical (unpaired) electrons. The summed E-state index contributed by atoms with van der Waals surface area (Å²) in [5, 5.41) is 10.1. The van der Waals surface area contributed by atoms with Crippen molar-refractivity contribution in [2.75, 3.05) is 0 Å². The number of rotatable bonds is 4. The number of hydrogen-bond acceptors (Lipinski definition) is 1. The van der Waals surface area contributed by atoms with Crippen molar-refractivity contribution in [1.82, 2.24) is 0 Å². The van der Waals surface area contributed by atoms with Crippen LogP contribution in [-0.2, 0) is 6.42 Å². The van der Waals surface area contributed by atoms with E-state index in [1.807, 2.05) is 6.07 Å². The van der Waals surface area contributed by atoms with E-state index in [0.717, 1.165) is 41.6 Å². The van der Waals surface area contributed by atoms with E-state index in [2.05, 4.69) is 22.9 Å². The van der Waals surface area contributed by atoms with Gasteiger partial charge in [-0.2, -0.15) is 0 Å². The molecule has 0 spiro atoms. The Morgan fingerprint density at radius 1 is 1.32 bits per heavy atom. The van der Waals surface area contributed by atoms with E-state index in [4.69, 9.17) is 0 Å². The molecule has 1 saturated carbocycles. The van der Waals surface area contributed by atoms with Crippen LogP contribution in [0.3, 0.4) is 0 Å². The predicted molar refractivity (Wildman–Crippen MR) is 79.5 cm³/mol. The Kier molecular flexibility index (Phi) is 5.40. The number of halogens is 2. The van der Waals surface area contributed by atoms with Gasteiger partial charge in [-0.25, -0.2) is 4.39 Å². The third-order valence-corrected chi connectivity index (χ3v) is 4.63. The minimum Gasteiger partial charge on any atom is -0.393 e. The van der Waals surface area contributed by atoms with Crippen LogP contribution in [0.15, 0.2) is 22.7 Å². The van der Waals surface area contributed by atoms with Crippen LogP contribution in [0.5, 0.6) is 0 Å². The molecule has 1 fully saturated rings. The highest BCUT2D eigenvalue weighted by Crippen LogP contribution is 2.34. The minimum atomic E-state index is -0.227. The van der Waals surface area contributed by atoms with Crippen LogP contribution in [0.25, 0.3) is 0 Å². The molecule has 0 aromatic heterocycles. The van der Waals surface area contributed by atoms with Crippen LogP contribution in [0, 0.1) is 17.7 Å². The lowest BCUT2D eigenvalue weighted by Gasteiger charge is -2.33. The summed E-state index contributed by atoms with van der Waals surface area (Å²) in [5.41, 5.74) is 0.980. The summed E-state index contributed by atoms with van der Waals surface area (Å²) in [5.74, 6) is 0.800. The number of benzene rings is 1. The summed E-state index contributed by atoms with van der Waals surface area (Å²) in [6.45, 7) is 2.21. The topological polar surface area (TPSA) is 20.2 Å². The van der Waals surface area contributed by atoms with E-state index in [1.165, 1.54) is 18.9 Å². The van der Waals surface area contributed by atoms with Crippen molar-refractivity contribution >= 4 is 15.9 Å². The van der Waals surface area contributed by atoms with Crippen LogP contribution in [0.1, 0.15) is 44.6 Å². The Labute approximate surface area is 123 Å². The van der Waals surface area contributed by atoms with Crippen molar-refractivity contribution in [2.24, 2.45) is 11.8 Å². The fraction of sp³-hybridized carbons (Fsp3) is 0.625. The molecule has 106 valence electrons. The number of aliphatic hydroxyl groups is 1. The van der Waals surface area contributed by atoms with Crippen molar-refractivity contribution in [2.45, 2.75) is 51.6 Å². The van der Waals surface area contributed by atoms with E-state index < -0.39 is 0 Å². The molecule has 0 aliphatic heterocycles. The maximum atomic E-state index is 13.4. The van der Waals surface area contributed by atoms with Crippen molar-refractivity contribution in [3.05, 3.63) is 34.1 Å². The van der Waals surface area contributed by atoms with Crippen molar-refractivity contribution in [1.29, 1.82) is 0 Å². The monoisotopic (exact) mass is 328 g/mol. The second-order valence-corrected chi connectivity index (χ2v) is 6.69. The van der Waals surface area contributed by atoms with E-state index in [9.17, 15) is 9.50 Å². The first-order valence-electron chi connectivity index (χ1n) is 7.21. The van der Waals surface area contributed by atoms with Gasteiger partial charge in [0.1, 0.15) is 5.82 Å². The molecule has 1 N–H and O–H groups in total. The molecule has 0 saturated heterocycles. The lowest BCUT2D eigenvalue weighted by atomic mass is 9.75. The van der Waals surface area contributed by atoms with Gasteiger partial charge in [-0.3, -0.25) is 0 Å². The zero-order valence-corrected chi connectivity index (χ0v) is 13.0. The quantitative estimate of drug-likeness (QED) is 0.848. The van der Waals surface area contributed by atoms with Crippen molar-refractivity contribution < 1.29 is 9.50 Å². The summed E-state index contributed by atoms with van der Waals surface area (Å²) in [6, 6.07) is 5.01. The maximum absolute atomic E-state index is 13.4. The van der Waals surface area contributed by atoms with Gasteiger partial charge in [0, 0.05) is 4.47 Å². The zero-order chi connectivity index (χ0) is 13.8. The number of aliphatic hydroxyl groups excluding tert-OH is 1. The number of hydrogen-bond donors (Lipinski definition) is 1.